The van der Waals surface area contributed by atoms with E-state index >= 15 is 0 Å². The number of pyridine rings is 1. The lowest BCUT2D eigenvalue weighted by molar-refractivity contribution is 0.140. The van der Waals surface area contributed by atoms with Crippen molar-refractivity contribution in [1.29, 1.82) is 0 Å². The lowest BCUT2D eigenvalue weighted by atomic mass is 9.93. The van der Waals surface area contributed by atoms with Crippen LogP contribution >= 0.6 is 0 Å². The van der Waals surface area contributed by atoms with Crippen LogP contribution in [0.2, 0.25) is 0 Å². The van der Waals surface area contributed by atoms with E-state index in [2.05, 4.69) is 52.7 Å². The molecule has 1 saturated heterocycles. The summed E-state index contributed by atoms with van der Waals surface area (Å²) in [5, 5.41) is 3.79. The number of piperidine rings is 1. The number of rotatable bonds is 5. The summed E-state index contributed by atoms with van der Waals surface area (Å²) in [7, 11) is 0. The third-order valence-electron chi connectivity index (χ3n) is 5.99. The van der Waals surface area contributed by atoms with Crippen LogP contribution in [0.4, 0.5) is 5.82 Å². The van der Waals surface area contributed by atoms with E-state index in [4.69, 9.17) is 4.98 Å². The number of benzene rings is 1. The van der Waals surface area contributed by atoms with Gasteiger partial charge in [-0.25, -0.2) is 4.98 Å². The molecule has 4 rings (SSSR count). The molecule has 138 valence electrons. The van der Waals surface area contributed by atoms with Crippen LogP contribution in [0.1, 0.15) is 68.5 Å². The van der Waals surface area contributed by atoms with Gasteiger partial charge < -0.3 is 5.32 Å². The Hall–Kier alpha value is -1.87. The van der Waals surface area contributed by atoms with Gasteiger partial charge in [-0.1, -0.05) is 62.1 Å². The van der Waals surface area contributed by atoms with Crippen molar-refractivity contribution < 1.29 is 0 Å². The Labute approximate surface area is 157 Å². The van der Waals surface area contributed by atoms with Crippen LogP contribution in [0.25, 0.3) is 0 Å². The molecule has 1 aliphatic carbocycles. The predicted molar refractivity (Wildman–Crippen MR) is 108 cm³/mol. The highest BCUT2D eigenvalue weighted by atomic mass is 15.2. The highest BCUT2D eigenvalue weighted by molar-refractivity contribution is 5.46. The van der Waals surface area contributed by atoms with Crippen molar-refractivity contribution in [2.24, 2.45) is 0 Å². The first-order chi connectivity index (χ1) is 12.9. The van der Waals surface area contributed by atoms with Crippen LogP contribution in [0.15, 0.2) is 48.7 Å². The molecule has 1 aliphatic heterocycles. The van der Waals surface area contributed by atoms with E-state index in [1.807, 2.05) is 6.20 Å². The van der Waals surface area contributed by atoms with Crippen molar-refractivity contribution in [2.75, 3.05) is 11.9 Å². The second-order valence-corrected chi connectivity index (χ2v) is 7.89. The average molecular weight is 350 g/mol. The van der Waals surface area contributed by atoms with Crippen LogP contribution in [0.5, 0.6) is 0 Å². The van der Waals surface area contributed by atoms with Gasteiger partial charge in [-0.2, -0.15) is 0 Å². The maximum atomic E-state index is 4.75. The van der Waals surface area contributed by atoms with Crippen molar-refractivity contribution in [3.05, 3.63) is 59.8 Å². The molecule has 3 heteroatoms. The minimum Gasteiger partial charge on any atom is -0.367 e. The van der Waals surface area contributed by atoms with Gasteiger partial charge in [0.25, 0.3) is 0 Å². The molecule has 1 saturated carbocycles. The van der Waals surface area contributed by atoms with E-state index in [0.29, 0.717) is 12.1 Å². The molecule has 2 aromatic rings. The predicted octanol–water partition coefficient (Wildman–Crippen LogP) is 5.55. The van der Waals surface area contributed by atoms with Crippen LogP contribution in [-0.2, 0) is 6.54 Å². The van der Waals surface area contributed by atoms with Crippen LogP contribution in [-0.4, -0.2) is 22.5 Å². The zero-order chi connectivity index (χ0) is 17.6. The van der Waals surface area contributed by atoms with Gasteiger partial charge in [0.2, 0.25) is 0 Å². The smallest absolute Gasteiger partial charge is 0.130 e. The van der Waals surface area contributed by atoms with E-state index in [9.17, 15) is 0 Å². The zero-order valence-electron chi connectivity index (χ0n) is 15.7. The van der Waals surface area contributed by atoms with E-state index in [0.717, 1.165) is 12.4 Å². The molecule has 1 atom stereocenters. The zero-order valence-corrected chi connectivity index (χ0v) is 15.7. The fourth-order valence-electron chi connectivity index (χ4n) is 4.60. The molecular weight excluding hydrogens is 318 g/mol. The number of hydrogen-bond donors (Lipinski definition) is 1. The maximum Gasteiger partial charge on any atom is 0.130 e. The van der Waals surface area contributed by atoms with Crippen molar-refractivity contribution in [3.63, 3.8) is 0 Å². The summed E-state index contributed by atoms with van der Waals surface area (Å²) >= 11 is 0. The van der Waals surface area contributed by atoms with E-state index in [-0.39, 0.29) is 0 Å². The van der Waals surface area contributed by atoms with Crippen molar-refractivity contribution >= 4 is 5.82 Å². The molecule has 1 aromatic heterocycles. The normalized spacial score (nSPS) is 22.2. The molecule has 2 aliphatic rings. The summed E-state index contributed by atoms with van der Waals surface area (Å²) in [5.74, 6) is 1.13. The first-order valence-electron chi connectivity index (χ1n) is 10.4. The number of nitrogens with zero attached hydrogens (tertiary/aromatic N) is 2. The summed E-state index contributed by atoms with van der Waals surface area (Å²) in [6.45, 7) is 2.21. The monoisotopic (exact) mass is 349 g/mol. The lowest BCUT2D eigenvalue weighted by Gasteiger charge is -2.37. The van der Waals surface area contributed by atoms with Gasteiger partial charge in [0.05, 0.1) is 0 Å². The minimum atomic E-state index is 0.476. The molecule has 26 heavy (non-hydrogen) atoms. The van der Waals surface area contributed by atoms with Gasteiger partial charge in [-0.05, 0) is 43.9 Å². The molecule has 1 N–H and O–H groups in total. The summed E-state index contributed by atoms with van der Waals surface area (Å²) in [4.78, 5) is 7.41. The highest BCUT2D eigenvalue weighted by Crippen LogP contribution is 2.36. The number of likely N-dealkylation sites (tertiary alicyclic amines) is 1. The highest BCUT2D eigenvalue weighted by Gasteiger charge is 2.27. The fourth-order valence-corrected chi connectivity index (χ4v) is 4.60. The molecule has 0 bridgehead atoms. The molecule has 3 nitrogen and oxygen atoms in total. The summed E-state index contributed by atoms with van der Waals surface area (Å²) in [6, 6.07) is 16.4. The molecular formula is C23H31N3. The van der Waals surface area contributed by atoms with Crippen molar-refractivity contribution in [3.8, 4) is 0 Å². The van der Waals surface area contributed by atoms with Gasteiger partial charge in [0, 0.05) is 30.4 Å². The largest absolute Gasteiger partial charge is 0.367 e. The van der Waals surface area contributed by atoms with Crippen molar-refractivity contribution in [1.82, 2.24) is 9.88 Å². The Morgan fingerprint density at radius 1 is 0.885 bits per heavy atom. The van der Waals surface area contributed by atoms with Gasteiger partial charge in [0.15, 0.2) is 0 Å². The molecule has 1 unspecified atom stereocenters. The molecule has 2 fully saturated rings. The maximum absolute atomic E-state index is 4.75. The van der Waals surface area contributed by atoms with Crippen LogP contribution in [0.3, 0.4) is 0 Å². The number of hydrogen-bond acceptors (Lipinski definition) is 3. The summed E-state index contributed by atoms with van der Waals surface area (Å²) < 4.78 is 0. The van der Waals surface area contributed by atoms with Gasteiger partial charge in [0.1, 0.15) is 5.82 Å². The third kappa shape index (κ3) is 4.27. The SMILES string of the molecule is c1ccc(CN2CCCCC2c2cccnc2NC2CCCCC2)cc1. The third-order valence-corrected chi connectivity index (χ3v) is 5.99. The molecule has 2 heterocycles. The standard InChI is InChI=1S/C23H31N3/c1-3-10-19(11-4-1)18-26-17-8-7-15-22(26)21-14-9-16-24-23(21)25-20-12-5-2-6-13-20/h1,3-4,9-11,14,16,20,22H,2,5-8,12-13,15,17-18H2,(H,24,25). The summed E-state index contributed by atoms with van der Waals surface area (Å²) in [6.07, 6.45) is 12.5. The number of aromatic nitrogens is 1. The van der Waals surface area contributed by atoms with Crippen LogP contribution < -0.4 is 5.32 Å². The minimum absolute atomic E-state index is 0.476. The van der Waals surface area contributed by atoms with Crippen LogP contribution in [0, 0.1) is 0 Å². The van der Waals surface area contributed by atoms with E-state index in [1.165, 1.54) is 69.0 Å². The Morgan fingerprint density at radius 3 is 2.54 bits per heavy atom. The second-order valence-electron chi connectivity index (χ2n) is 7.89. The number of anilines is 1. The summed E-state index contributed by atoms with van der Waals surface area (Å²) in [5.41, 5.74) is 2.80. The Bertz CT molecular complexity index is 679. The first kappa shape index (κ1) is 17.5. The lowest BCUT2D eigenvalue weighted by Crippen LogP contribution is -2.34. The van der Waals surface area contributed by atoms with Gasteiger partial charge >= 0.3 is 0 Å². The first-order valence-corrected chi connectivity index (χ1v) is 10.4. The fraction of sp³-hybridized carbons (Fsp3) is 0.522. The second kappa shape index (κ2) is 8.68. The number of nitrogens with one attached hydrogen (secondary N) is 1. The van der Waals surface area contributed by atoms with Gasteiger partial charge in [-0.15, -0.1) is 0 Å². The Morgan fingerprint density at radius 2 is 1.69 bits per heavy atom. The Balaban J connectivity index is 1.54. The van der Waals surface area contributed by atoms with E-state index in [1.54, 1.807) is 0 Å². The van der Waals surface area contributed by atoms with Crippen molar-refractivity contribution in [2.45, 2.75) is 70.0 Å². The topological polar surface area (TPSA) is 28.2 Å². The van der Waals surface area contributed by atoms with Gasteiger partial charge in [-0.3, -0.25) is 4.90 Å². The quantitative estimate of drug-likeness (QED) is 0.766. The molecule has 0 amide bonds. The Kier molecular flexibility index (Phi) is 5.85. The average Bonchev–Trinajstić information content (AvgIpc) is 2.71. The molecule has 0 spiro atoms. The van der Waals surface area contributed by atoms with E-state index < -0.39 is 0 Å². The molecule has 1 aromatic carbocycles. The molecule has 0 radical (unpaired) electrons.